The molecule has 0 spiro atoms. The largest absolute Gasteiger partial charge is 0.454 e. The van der Waals surface area contributed by atoms with Gasteiger partial charge in [-0.25, -0.2) is 0 Å². The lowest BCUT2D eigenvalue weighted by Crippen LogP contribution is -2.13. The first kappa shape index (κ1) is 32.7. The van der Waals surface area contributed by atoms with E-state index in [2.05, 4.69) is 194 Å². The maximum Gasteiger partial charge on any atom is 0.159 e. The Morgan fingerprint density at radius 3 is 1.14 bits per heavy atom. The molecule has 2 aromatic heterocycles. The lowest BCUT2D eigenvalue weighted by molar-refractivity contribution is 0.668. The molecule has 58 heavy (non-hydrogen) atoms. The molecule has 4 nitrogen and oxygen atoms in total. The van der Waals surface area contributed by atoms with Gasteiger partial charge in [0, 0.05) is 43.7 Å². The summed E-state index contributed by atoms with van der Waals surface area (Å²) < 4.78 is 13.4. The van der Waals surface area contributed by atoms with Crippen LogP contribution in [-0.2, 0) is 0 Å². The molecule has 0 saturated heterocycles. The van der Waals surface area contributed by atoms with Gasteiger partial charge in [0.1, 0.15) is 11.2 Å². The van der Waals surface area contributed by atoms with Crippen LogP contribution in [0.3, 0.4) is 0 Å². The molecule has 0 aliphatic rings. The summed E-state index contributed by atoms with van der Waals surface area (Å²) in [7, 11) is 0. The number of aryl methyl sites for hydroxylation is 2. The highest BCUT2D eigenvalue weighted by atomic mass is 16.3. The third-order valence-electron chi connectivity index (χ3n) is 12.0. The standard InChI is InChI=1S/C54H36N2O2/c1-33-15-3-7-25-43(33)55(45-27-13-21-39-37-19-5-9-29-49(37)57-53(39)45)47-31-35-17-12-24-42-48(32-36-18-11-23-41(47)51(36)52(35)42)56(44-26-8-4-16-34(44)2)46-28-14-22-40-38-20-6-10-30-50(38)58-54(40)46/h3-32H,1-2H3. The van der Waals surface area contributed by atoms with Gasteiger partial charge >= 0.3 is 0 Å². The van der Waals surface area contributed by atoms with Crippen LogP contribution >= 0.6 is 0 Å². The monoisotopic (exact) mass is 744 g/mol. The minimum absolute atomic E-state index is 0.869. The number of benzene rings is 10. The molecular weight excluding hydrogens is 709 g/mol. The third kappa shape index (κ3) is 4.69. The molecule has 0 aliphatic carbocycles. The van der Waals surface area contributed by atoms with Crippen molar-refractivity contribution in [3.05, 3.63) is 193 Å². The van der Waals surface area contributed by atoms with Gasteiger partial charge in [-0.05, 0) is 95.1 Å². The quantitative estimate of drug-likeness (QED) is 0.159. The van der Waals surface area contributed by atoms with Gasteiger partial charge < -0.3 is 18.6 Å². The number of furan rings is 2. The van der Waals surface area contributed by atoms with E-state index >= 15 is 0 Å². The average molecular weight is 745 g/mol. The van der Waals surface area contributed by atoms with Crippen molar-refractivity contribution in [1.82, 2.24) is 0 Å². The van der Waals surface area contributed by atoms with Crippen LogP contribution in [0.1, 0.15) is 11.1 Å². The second kappa shape index (κ2) is 12.5. The van der Waals surface area contributed by atoms with E-state index in [1.165, 1.54) is 43.4 Å². The number of para-hydroxylation sites is 6. The van der Waals surface area contributed by atoms with Crippen LogP contribution in [0.5, 0.6) is 0 Å². The molecule has 274 valence electrons. The first-order valence-electron chi connectivity index (χ1n) is 19.8. The summed E-state index contributed by atoms with van der Waals surface area (Å²) >= 11 is 0. The summed E-state index contributed by atoms with van der Waals surface area (Å²) in [5.41, 5.74) is 12.3. The van der Waals surface area contributed by atoms with Crippen molar-refractivity contribution in [2.24, 2.45) is 0 Å². The molecule has 0 unspecified atom stereocenters. The fraction of sp³-hybridized carbons (Fsp3) is 0.0370. The molecular formula is C54H36N2O2. The van der Waals surface area contributed by atoms with E-state index < -0.39 is 0 Å². The van der Waals surface area contributed by atoms with E-state index in [9.17, 15) is 0 Å². The fourth-order valence-electron chi connectivity index (χ4n) is 9.41. The molecule has 12 rings (SSSR count). The molecule has 0 atom stereocenters. The molecule has 2 heterocycles. The smallest absolute Gasteiger partial charge is 0.159 e. The van der Waals surface area contributed by atoms with Crippen LogP contribution in [0.25, 0.3) is 76.2 Å². The molecule has 0 saturated carbocycles. The van der Waals surface area contributed by atoms with E-state index in [0.717, 1.165) is 78.0 Å². The Labute approximate surface area is 334 Å². The van der Waals surface area contributed by atoms with Crippen molar-refractivity contribution >= 4 is 110 Å². The van der Waals surface area contributed by atoms with Gasteiger partial charge in [-0.3, -0.25) is 0 Å². The number of nitrogens with zero attached hydrogens (tertiary/aromatic N) is 2. The highest BCUT2D eigenvalue weighted by Crippen LogP contribution is 2.52. The zero-order valence-corrected chi connectivity index (χ0v) is 32.0. The van der Waals surface area contributed by atoms with E-state index in [1.54, 1.807) is 0 Å². The van der Waals surface area contributed by atoms with Gasteiger partial charge in [-0.15, -0.1) is 0 Å². The highest BCUT2D eigenvalue weighted by molar-refractivity contribution is 6.30. The molecule has 0 N–H and O–H groups in total. The Morgan fingerprint density at radius 2 is 0.672 bits per heavy atom. The lowest BCUT2D eigenvalue weighted by atomic mass is 9.90. The normalized spacial score (nSPS) is 12.0. The number of hydrogen-bond donors (Lipinski definition) is 0. The topological polar surface area (TPSA) is 32.8 Å². The van der Waals surface area contributed by atoms with E-state index in [4.69, 9.17) is 8.83 Å². The van der Waals surface area contributed by atoms with E-state index in [-0.39, 0.29) is 0 Å². The van der Waals surface area contributed by atoms with Gasteiger partial charge in [0.05, 0.1) is 22.7 Å². The van der Waals surface area contributed by atoms with Crippen LogP contribution in [0.2, 0.25) is 0 Å². The SMILES string of the molecule is Cc1ccccc1N(c1cc2cccc3c(N(c4ccccc4C)c4cccc5c4oc4ccccc45)cc4cccc1c4c23)c1cccc2c1oc1ccccc12. The molecule has 0 amide bonds. The summed E-state index contributed by atoms with van der Waals surface area (Å²) in [5.74, 6) is 0. The molecule has 0 aliphatic heterocycles. The van der Waals surface area contributed by atoms with Gasteiger partial charge in [-0.2, -0.15) is 0 Å². The number of fused-ring (bicyclic) bond motifs is 6. The molecule has 0 fully saturated rings. The lowest BCUT2D eigenvalue weighted by Gasteiger charge is -2.31. The maximum atomic E-state index is 6.72. The number of rotatable bonds is 6. The Bertz CT molecular complexity index is 3340. The molecule has 0 radical (unpaired) electrons. The third-order valence-corrected chi connectivity index (χ3v) is 12.0. The van der Waals surface area contributed by atoms with Gasteiger partial charge in [0.15, 0.2) is 11.2 Å². The Morgan fingerprint density at radius 1 is 0.310 bits per heavy atom. The van der Waals surface area contributed by atoms with Gasteiger partial charge in [-0.1, -0.05) is 133 Å². The fourth-order valence-corrected chi connectivity index (χ4v) is 9.41. The van der Waals surface area contributed by atoms with Crippen molar-refractivity contribution in [2.75, 3.05) is 9.80 Å². The summed E-state index contributed by atoms with van der Waals surface area (Å²) in [6.45, 7) is 4.38. The van der Waals surface area contributed by atoms with E-state index in [1.807, 2.05) is 12.1 Å². The van der Waals surface area contributed by atoms with Crippen molar-refractivity contribution < 1.29 is 8.83 Å². The van der Waals surface area contributed by atoms with Crippen molar-refractivity contribution in [2.45, 2.75) is 13.8 Å². The van der Waals surface area contributed by atoms with Gasteiger partial charge in [0.2, 0.25) is 0 Å². The number of hydrogen-bond acceptors (Lipinski definition) is 4. The number of anilines is 6. The summed E-state index contributed by atoms with van der Waals surface area (Å²) in [4.78, 5) is 4.82. The van der Waals surface area contributed by atoms with Crippen molar-refractivity contribution in [3.8, 4) is 0 Å². The Balaban J connectivity index is 1.16. The van der Waals surface area contributed by atoms with E-state index in [0.29, 0.717) is 0 Å². The summed E-state index contributed by atoms with van der Waals surface area (Å²) in [5, 5.41) is 11.6. The highest BCUT2D eigenvalue weighted by Gasteiger charge is 2.27. The zero-order chi connectivity index (χ0) is 38.5. The first-order valence-corrected chi connectivity index (χ1v) is 19.8. The predicted octanol–water partition coefficient (Wildman–Crippen LogP) is 15.9. The van der Waals surface area contributed by atoms with Crippen LogP contribution in [0, 0.1) is 13.8 Å². The van der Waals surface area contributed by atoms with Crippen LogP contribution in [0.4, 0.5) is 34.1 Å². The first-order chi connectivity index (χ1) is 28.6. The Kier molecular flexibility index (Phi) is 7.02. The molecule has 4 heteroatoms. The van der Waals surface area contributed by atoms with Crippen LogP contribution in [0.15, 0.2) is 191 Å². The van der Waals surface area contributed by atoms with Crippen molar-refractivity contribution in [3.63, 3.8) is 0 Å². The van der Waals surface area contributed by atoms with Gasteiger partial charge in [0.25, 0.3) is 0 Å². The minimum atomic E-state index is 0.869. The zero-order valence-electron chi connectivity index (χ0n) is 32.0. The summed E-state index contributed by atoms with van der Waals surface area (Å²) in [6, 6.07) is 65.2. The van der Waals surface area contributed by atoms with Crippen LogP contribution in [-0.4, -0.2) is 0 Å². The Hall–Kier alpha value is -7.56. The predicted molar refractivity (Wildman–Crippen MR) is 244 cm³/mol. The summed E-state index contributed by atoms with van der Waals surface area (Å²) in [6.07, 6.45) is 0. The molecule has 12 aromatic rings. The minimum Gasteiger partial charge on any atom is -0.454 e. The average Bonchev–Trinajstić information content (AvgIpc) is 3.84. The second-order valence-electron chi connectivity index (χ2n) is 15.3. The maximum absolute atomic E-state index is 6.72. The molecule has 0 bridgehead atoms. The van der Waals surface area contributed by atoms with Crippen molar-refractivity contribution in [1.29, 1.82) is 0 Å². The van der Waals surface area contributed by atoms with Crippen LogP contribution < -0.4 is 9.80 Å². The second-order valence-corrected chi connectivity index (χ2v) is 15.3. The molecule has 10 aromatic carbocycles.